The van der Waals surface area contributed by atoms with E-state index in [1.165, 1.54) is 22.3 Å². The van der Waals surface area contributed by atoms with Gasteiger partial charge in [0.05, 0.1) is 6.04 Å². The molecule has 0 aliphatic carbocycles. The molecule has 0 saturated carbocycles. The van der Waals surface area contributed by atoms with E-state index in [2.05, 4.69) is 55.1 Å². The van der Waals surface area contributed by atoms with Crippen molar-refractivity contribution in [3.8, 4) is 5.75 Å². The number of carbonyl (C=O) groups is 1. The quantitative estimate of drug-likeness (QED) is 0.938. The molecule has 0 bridgehead atoms. The van der Waals surface area contributed by atoms with Gasteiger partial charge in [0.1, 0.15) is 11.4 Å². The van der Waals surface area contributed by atoms with E-state index in [9.17, 15) is 4.79 Å². The molecular weight excluding hydrogens is 312 g/mol. The monoisotopic (exact) mass is 336 g/mol. The Kier molecular flexibility index (Phi) is 3.80. The molecular formula is C21H24N2O2. The molecule has 4 nitrogen and oxygen atoms in total. The molecule has 1 atom stereocenters. The Labute approximate surface area is 148 Å². The zero-order chi connectivity index (χ0) is 17.6. The molecule has 0 radical (unpaired) electrons. The molecule has 2 aromatic rings. The number of benzene rings is 2. The van der Waals surface area contributed by atoms with Crippen LogP contribution in [0.25, 0.3) is 0 Å². The zero-order valence-electron chi connectivity index (χ0n) is 14.8. The van der Waals surface area contributed by atoms with Crippen LogP contribution in [-0.2, 0) is 30.7 Å². The highest BCUT2D eigenvalue weighted by atomic mass is 16.5. The van der Waals surface area contributed by atoms with Crippen LogP contribution in [-0.4, -0.2) is 22.4 Å². The highest BCUT2D eigenvalue weighted by Crippen LogP contribution is 2.35. The summed E-state index contributed by atoms with van der Waals surface area (Å²) in [6.07, 6.45) is 1.60. The van der Waals surface area contributed by atoms with Gasteiger partial charge >= 0.3 is 0 Å². The number of primary amides is 1. The maximum atomic E-state index is 12.0. The minimum atomic E-state index is -0.254. The molecule has 2 aliphatic rings. The smallest absolute Gasteiger partial charge is 0.235 e. The Balaban J connectivity index is 1.59. The summed E-state index contributed by atoms with van der Waals surface area (Å²) in [7, 11) is 0. The first kappa shape index (κ1) is 16.2. The number of ether oxygens (including phenoxy) is 1. The van der Waals surface area contributed by atoms with Crippen LogP contribution in [0.2, 0.25) is 0 Å². The van der Waals surface area contributed by atoms with E-state index < -0.39 is 0 Å². The lowest BCUT2D eigenvalue weighted by atomic mass is 9.93. The molecule has 2 aromatic carbocycles. The van der Waals surface area contributed by atoms with Gasteiger partial charge in [0.2, 0.25) is 5.91 Å². The van der Waals surface area contributed by atoms with Gasteiger partial charge in [-0.15, -0.1) is 0 Å². The number of nitrogens with two attached hydrogens (primary N) is 1. The minimum Gasteiger partial charge on any atom is -0.487 e. The highest BCUT2D eigenvalue weighted by Gasteiger charge is 2.32. The molecule has 2 aliphatic heterocycles. The lowest BCUT2D eigenvalue weighted by Gasteiger charge is -2.35. The van der Waals surface area contributed by atoms with Crippen molar-refractivity contribution in [3.63, 3.8) is 0 Å². The minimum absolute atomic E-state index is 0.138. The van der Waals surface area contributed by atoms with Crippen LogP contribution in [0.4, 0.5) is 0 Å². The predicted octanol–water partition coefficient (Wildman–Crippen LogP) is 2.81. The molecule has 2 N–H and O–H groups in total. The summed E-state index contributed by atoms with van der Waals surface area (Å²) in [6.45, 7) is 5.69. The molecule has 25 heavy (non-hydrogen) atoms. The van der Waals surface area contributed by atoms with Crippen molar-refractivity contribution in [2.24, 2.45) is 5.73 Å². The summed E-state index contributed by atoms with van der Waals surface area (Å²) in [5.41, 5.74) is 10.5. The van der Waals surface area contributed by atoms with Gasteiger partial charge in [-0.2, -0.15) is 0 Å². The Morgan fingerprint density at radius 3 is 2.72 bits per heavy atom. The van der Waals surface area contributed by atoms with Crippen molar-refractivity contribution in [1.29, 1.82) is 0 Å². The molecule has 4 heteroatoms. The van der Waals surface area contributed by atoms with Crippen LogP contribution >= 0.6 is 0 Å². The van der Waals surface area contributed by atoms with Crippen LogP contribution in [0.3, 0.4) is 0 Å². The summed E-state index contributed by atoms with van der Waals surface area (Å²) < 4.78 is 5.96. The third kappa shape index (κ3) is 3.14. The average Bonchev–Trinajstić information content (AvgIpc) is 2.87. The van der Waals surface area contributed by atoms with Gasteiger partial charge in [-0.05, 0) is 48.6 Å². The van der Waals surface area contributed by atoms with Crippen LogP contribution in [0.15, 0.2) is 42.5 Å². The van der Waals surface area contributed by atoms with Gasteiger partial charge < -0.3 is 10.5 Å². The maximum Gasteiger partial charge on any atom is 0.235 e. The second-order valence-corrected chi connectivity index (χ2v) is 7.78. The second kappa shape index (κ2) is 5.88. The fourth-order valence-corrected chi connectivity index (χ4v) is 4.02. The lowest BCUT2D eigenvalue weighted by molar-refractivity contribution is -0.124. The van der Waals surface area contributed by atoms with Crippen molar-refractivity contribution in [2.75, 3.05) is 0 Å². The van der Waals surface area contributed by atoms with Gasteiger partial charge in [0.15, 0.2) is 0 Å². The van der Waals surface area contributed by atoms with Crippen molar-refractivity contribution < 1.29 is 9.53 Å². The van der Waals surface area contributed by atoms with Crippen LogP contribution < -0.4 is 10.5 Å². The SMILES string of the molecule is CC1(C)Cc2cc(CN3Cc4ccccc4C[C@@H]3C(N)=O)ccc2O1. The molecule has 4 rings (SSSR count). The Morgan fingerprint density at radius 1 is 1.20 bits per heavy atom. The number of nitrogens with zero attached hydrogens (tertiary/aromatic N) is 1. The first-order valence-corrected chi connectivity index (χ1v) is 8.82. The Hall–Kier alpha value is -2.33. The van der Waals surface area contributed by atoms with E-state index in [4.69, 9.17) is 10.5 Å². The summed E-state index contributed by atoms with van der Waals surface area (Å²) in [5, 5.41) is 0. The Bertz CT molecular complexity index is 828. The molecule has 0 aromatic heterocycles. The van der Waals surface area contributed by atoms with E-state index in [0.29, 0.717) is 6.42 Å². The van der Waals surface area contributed by atoms with E-state index in [0.717, 1.165) is 25.3 Å². The topological polar surface area (TPSA) is 55.6 Å². The van der Waals surface area contributed by atoms with Crippen LogP contribution in [0.5, 0.6) is 5.75 Å². The normalized spacial score (nSPS) is 21.3. The molecule has 0 spiro atoms. The van der Waals surface area contributed by atoms with Gasteiger partial charge in [0, 0.05) is 19.5 Å². The summed E-state index contributed by atoms with van der Waals surface area (Å²) in [4.78, 5) is 14.2. The molecule has 0 fully saturated rings. The van der Waals surface area contributed by atoms with E-state index in [1.807, 2.05) is 6.07 Å². The zero-order valence-corrected chi connectivity index (χ0v) is 14.8. The number of fused-ring (bicyclic) bond motifs is 2. The number of hydrogen-bond acceptors (Lipinski definition) is 3. The lowest BCUT2D eigenvalue weighted by Crippen LogP contribution is -2.48. The summed E-state index contributed by atoms with van der Waals surface area (Å²) in [6, 6.07) is 14.4. The van der Waals surface area contributed by atoms with E-state index in [-0.39, 0.29) is 17.6 Å². The predicted molar refractivity (Wildman–Crippen MR) is 97.2 cm³/mol. The number of hydrogen-bond donors (Lipinski definition) is 1. The molecule has 0 saturated heterocycles. The first-order chi connectivity index (χ1) is 11.9. The van der Waals surface area contributed by atoms with Gasteiger partial charge in [-0.3, -0.25) is 9.69 Å². The number of carbonyl (C=O) groups excluding carboxylic acids is 1. The first-order valence-electron chi connectivity index (χ1n) is 8.82. The van der Waals surface area contributed by atoms with Gasteiger partial charge in [0.25, 0.3) is 0 Å². The molecule has 0 unspecified atom stereocenters. The Morgan fingerprint density at radius 2 is 1.96 bits per heavy atom. The fraction of sp³-hybridized carbons (Fsp3) is 0.381. The summed E-state index contributed by atoms with van der Waals surface area (Å²) >= 11 is 0. The highest BCUT2D eigenvalue weighted by molar-refractivity contribution is 5.80. The van der Waals surface area contributed by atoms with Crippen molar-refractivity contribution in [2.45, 2.75) is 51.4 Å². The largest absolute Gasteiger partial charge is 0.487 e. The molecule has 1 amide bonds. The third-order valence-electron chi connectivity index (χ3n) is 5.19. The maximum absolute atomic E-state index is 12.0. The van der Waals surface area contributed by atoms with E-state index in [1.54, 1.807) is 0 Å². The molecule has 130 valence electrons. The standard InChI is InChI=1S/C21H24N2O2/c1-21(2)11-17-9-14(7-8-19(17)25-21)12-23-13-16-6-4-3-5-15(16)10-18(23)20(22)24/h3-9,18H,10-13H2,1-2H3,(H2,22,24)/t18-/m1/s1. The van der Waals surface area contributed by atoms with Gasteiger partial charge in [-0.25, -0.2) is 0 Å². The van der Waals surface area contributed by atoms with Crippen molar-refractivity contribution >= 4 is 5.91 Å². The summed E-state index contributed by atoms with van der Waals surface area (Å²) in [5.74, 6) is 0.726. The van der Waals surface area contributed by atoms with Gasteiger partial charge in [-0.1, -0.05) is 36.4 Å². The van der Waals surface area contributed by atoms with Crippen LogP contribution in [0, 0.1) is 0 Å². The van der Waals surface area contributed by atoms with Crippen LogP contribution in [0.1, 0.15) is 36.1 Å². The number of amides is 1. The van der Waals surface area contributed by atoms with Crippen molar-refractivity contribution in [1.82, 2.24) is 4.90 Å². The number of rotatable bonds is 3. The molecule has 2 heterocycles. The average molecular weight is 336 g/mol. The third-order valence-corrected chi connectivity index (χ3v) is 5.19. The van der Waals surface area contributed by atoms with Crippen molar-refractivity contribution in [3.05, 3.63) is 64.7 Å². The second-order valence-electron chi connectivity index (χ2n) is 7.78. The fourth-order valence-electron chi connectivity index (χ4n) is 4.02. The van der Waals surface area contributed by atoms with E-state index >= 15 is 0 Å².